The van der Waals surface area contributed by atoms with Gasteiger partial charge in [0.15, 0.2) is 0 Å². The molecule has 3 aliphatic rings. The molecule has 0 saturated carbocycles. The summed E-state index contributed by atoms with van der Waals surface area (Å²) in [6.07, 6.45) is 2.57. The Labute approximate surface area is 229 Å². The van der Waals surface area contributed by atoms with Crippen molar-refractivity contribution in [3.8, 4) is 22.3 Å². The summed E-state index contributed by atoms with van der Waals surface area (Å²) >= 11 is -1.88. The zero-order valence-electron chi connectivity index (χ0n) is 20.1. The molecule has 0 bridgehead atoms. The number of hydrogen-bond donors (Lipinski definition) is 0. The number of rotatable bonds is 3. The standard InChI is InChI=1S/C19H19.C12H8Si.2ClH.Zr/c1-13(2)17-10-9-16-11-14(3)12-18(16)19(17)15-7-5-4-6-8-15;1-3-7-11-9(5-1)10-6-2-4-8-12(10)13-11;;;/h4-13H,1-3H3;1-7,13H;2*1H;/q;;;;+2/p-2. The van der Waals surface area contributed by atoms with Crippen molar-refractivity contribution in [1.29, 1.82) is 0 Å². The Morgan fingerprint density at radius 2 is 1.49 bits per heavy atom. The van der Waals surface area contributed by atoms with E-state index in [0.717, 1.165) is 0 Å². The Balaban J connectivity index is 0.00000127. The minimum absolute atomic E-state index is 0. The summed E-state index contributed by atoms with van der Waals surface area (Å²) in [4.78, 5) is 0. The fourth-order valence-corrected chi connectivity index (χ4v) is 33.0. The normalized spacial score (nSPS) is 18.1. The number of benzene rings is 4. The monoisotopic (exact) mass is 587 g/mol. The maximum absolute atomic E-state index is 2.57. The van der Waals surface area contributed by atoms with Crippen molar-refractivity contribution in [3.05, 3.63) is 107 Å². The minimum atomic E-state index is -1.88. The van der Waals surface area contributed by atoms with E-state index in [9.17, 15) is 0 Å². The van der Waals surface area contributed by atoms with Crippen LogP contribution in [0.2, 0.25) is 0 Å². The van der Waals surface area contributed by atoms with E-state index in [1.807, 2.05) is 8.46 Å². The fourth-order valence-electron chi connectivity index (χ4n) is 6.67. The molecule has 2 atom stereocenters. The Hall–Kier alpha value is -1.70. The second-order valence-electron chi connectivity index (χ2n) is 10.1. The molecule has 1 aliphatic carbocycles. The first-order valence-electron chi connectivity index (χ1n) is 12.1. The van der Waals surface area contributed by atoms with Crippen LogP contribution in [0.3, 0.4) is 0 Å². The first kappa shape index (κ1) is 25.0. The van der Waals surface area contributed by atoms with E-state index >= 15 is 0 Å². The van der Waals surface area contributed by atoms with Crippen molar-refractivity contribution in [3.63, 3.8) is 0 Å². The van der Waals surface area contributed by atoms with Crippen LogP contribution in [0.25, 0.3) is 28.3 Å². The number of fused-ring (bicyclic) bond motifs is 4. The second kappa shape index (κ2) is 9.31. The molecule has 0 aromatic heterocycles. The summed E-state index contributed by atoms with van der Waals surface area (Å²) in [6, 6.07) is 32.7. The van der Waals surface area contributed by atoms with E-state index in [1.165, 1.54) is 22.3 Å². The molecule has 2 heterocycles. The molecule has 0 nitrogen and oxygen atoms in total. The number of allylic oxidation sites excluding steroid dienone is 1. The first-order chi connectivity index (χ1) is 16.1. The Bertz CT molecular complexity index is 1480. The molecule has 2 unspecified atom stereocenters. The molecule has 0 N–H and O–H groups in total. The second-order valence-corrected chi connectivity index (χ2v) is 25.1. The Kier molecular flexibility index (Phi) is 6.64. The van der Waals surface area contributed by atoms with Crippen LogP contribution in [0, 0.1) is 0 Å². The van der Waals surface area contributed by atoms with Gasteiger partial charge in [0.05, 0.1) is 0 Å². The van der Waals surface area contributed by atoms with Gasteiger partial charge in [-0.15, -0.1) is 0 Å². The SMILES string of the molecule is CC1=Cc2c(ccc(C(C)C)c2-c2ccccc2)[CH]1[Zr+2]1[c]2cccc3c2[SiH]1c1ccccc1-3.[Cl-].[Cl-]. The van der Waals surface area contributed by atoms with E-state index in [2.05, 4.69) is 112 Å². The van der Waals surface area contributed by atoms with Gasteiger partial charge in [-0.2, -0.15) is 0 Å². The number of hydrogen-bond acceptors (Lipinski definition) is 0. The van der Waals surface area contributed by atoms with Gasteiger partial charge in [0.25, 0.3) is 0 Å². The third kappa shape index (κ3) is 3.48. The molecule has 7 rings (SSSR count). The maximum Gasteiger partial charge on any atom is -1.00 e. The van der Waals surface area contributed by atoms with Gasteiger partial charge >= 0.3 is 206 Å². The van der Waals surface area contributed by atoms with Gasteiger partial charge in [-0.05, 0) is 0 Å². The van der Waals surface area contributed by atoms with Crippen LogP contribution in [-0.2, 0) is 20.9 Å². The van der Waals surface area contributed by atoms with Crippen LogP contribution >= 0.6 is 0 Å². The molecule has 0 fully saturated rings. The molecule has 0 saturated heterocycles. The average molecular weight is 590 g/mol. The summed E-state index contributed by atoms with van der Waals surface area (Å²) in [5.41, 5.74) is 12.3. The van der Waals surface area contributed by atoms with Crippen molar-refractivity contribution in [1.82, 2.24) is 0 Å². The minimum Gasteiger partial charge on any atom is -1.00 e. The van der Waals surface area contributed by atoms with Crippen LogP contribution in [0.4, 0.5) is 0 Å². The Morgan fingerprint density at radius 3 is 2.26 bits per heavy atom. The van der Waals surface area contributed by atoms with Crippen LogP contribution in [0.15, 0.2) is 90.5 Å². The summed E-state index contributed by atoms with van der Waals surface area (Å²) in [5, 5.41) is 3.57. The van der Waals surface area contributed by atoms with Crippen LogP contribution in [-0.4, -0.2) is 5.92 Å². The van der Waals surface area contributed by atoms with Crippen LogP contribution in [0.1, 0.15) is 47.0 Å². The molecule has 0 spiro atoms. The molecule has 4 aromatic carbocycles. The van der Waals surface area contributed by atoms with Gasteiger partial charge in [-0.1, -0.05) is 0 Å². The average Bonchev–Trinajstić information content (AvgIpc) is 3.32. The maximum atomic E-state index is 2.57. The summed E-state index contributed by atoms with van der Waals surface area (Å²) in [6.45, 7) is 7.10. The topological polar surface area (TPSA) is 0 Å². The molecule has 173 valence electrons. The predicted molar refractivity (Wildman–Crippen MR) is 140 cm³/mol. The summed E-state index contributed by atoms with van der Waals surface area (Å²) < 4.78 is 2.53. The van der Waals surface area contributed by atoms with Gasteiger partial charge in [-0.3, -0.25) is 0 Å². The number of halogens is 2. The van der Waals surface area contributed by atoms with E-state index in [1.54, 1.807) is 27.5 Å². The van der Waals surface area contributed by atoms with E-state index < -0.39 is 26.8 Å². The van der Waals surface area contributed by atoms with Crippen molar-refractivity contribution in [2.75, 3.05) is 0 Å². The van der Waals surface area contributed by atoms with Crippen LogP contribution in [0.5, 0.6) is 0 Å². The van der Waals surface area contributed by atoms with Gasteiger partial charge in [0, 0.05) is 0 Å². The van der Waals surface area contributed by atoms with Crippen molar-refractivity contribution >= 4 is 25.6 Å². The predicted octanol–water partition coefficient (Wildman–Crippen LogP) is -0.281. The van der Waals surface area contributed by atoms with Crippen molar-refractivity contribution in [2.24, 2.45) is 0 Å². The van der Waals surface area contributed by atoms with E-state index in [0.29, 0.717) is 9.54 Å². The van der Waals surface area contributed by atoms with Crippen molar-refractivity contribution in [2.45, 2.75) is 30.3 Å². The largest absolute Gasteiger partial charge is 1.00 e. The molecule has 0 amide bonds. The van der Waals surface area contributed by atoms with Gasteiger partial charge in [0.2, 0.25) is 0 Å². The smallest absolute Gasteiger partial charge is 1.00 e. The van der Waals surface area contributed by atoms with E-state index in [4.69, 9.17) is 0 Å². The zero-order chi connectivity index (χ0) is 22.3. The zero-order valence-corrected chi connectivity index (χ0v) is 25.3. The molecular formula is C31H27Cl2SiZr. The molecule has 4 heteroatoms. The molecule has 2 aliphatic heterocycles. The first-order valence-corrected chi connectivity index (χ1v) is 20.8. The third-order valence-electron chi connectivity index (χ3n) is 8.02. The van der Waals surface area contributed by atoms with Crippen molar-refractivity contribution < 1.29 is 45.7 Å². The Morgan fingerprint density at radius 1 is 0.771 bits per heavy atom. The summed E-state index contributed by atoms with van der Waals surface area (Å²) in [5.74, 6) is -0.496. The quantitative estimate of drug-likeness (QED) is 0.289. The summed E-state index contributed by atoms with van der Waals surface area (Å²) in [7, 11) is 0. The molecular weight excluding hydrogens is 563 g/mol. The fraction of sp³-hybridized carbons (Fsp3) is 0.161. The van der Waals surface area contributed by atoms with Gasteiger partial charge < -0.3 is 24.8 Å². The van der Waals surface area contributed by atoms with Gasteiger partial charge in [-0.25, -0.2) is 0 Å². The van der Waals surface area contributed by atoms with Crippen LogP contribution < -0.4 is 38.5 Å². The van der Waals surface area contributed by atoms with Gasteiger partial charge in [0.1, 0.15) is 0 Å². The molecule has 4 aromatic rings. The third-order valence-corrected chi connectivity index (χ3v) is 30.5. The van der Waals surface area contributed by atoms with E-state index in [-0.39, 0.29) is 24.8 Å². The molecule has 0 radical (unpaired) electrons. The molecule has 35 heavy (non-hydrogen) atoms.